The number of anilines is 1. The monoisotopic (exact) mass is 480 g/mol. The summed E-state index contributed by atoms with van der Waals surface area (Å²) in [5, 5.41) is 15.6. The van der Waals surface area contributed by atoms with Gasteiger partial charge in [0.25, 0.3) is 0 Å². The fraction of sp³-hybridized carbons (Fsp3) is 0.370. The van der Waals surface area contributed by atoms with E-state index >= 15 is 0 Å². The van der Waals surface area contributed by atoms with Gasteiger partial charge in [0.2, 0.25) is 0 Å². The van der Waals surface area contributed by atoms with Crippen LogP contribution in [0.2, 0.25) is 0 Å². The van der Waals surface area contributed by atoms with Crippen LogP contribution in [-0.2, 0) is 25.5 Å². The predicted molar refractivity (Wildman–Crippen MR) is 132 cm³/mol. The normalized spacial score (nSPS) is 16.7. The molecule has 1 fully saturated rings. The van der Waals surface area contributed by atoms with Crippen LogP contribution in [0.25, 0.3) is 0 Å². The van der Waals surface area contributed by atoms with Crippen LogP contribution in [0.15, 0.2) is 60.7 Å². The molecule has 1 atom stereocenters. The third-order valence-electron chi connectivity index (χ3n) is 6.09. The number of para-hydroxylation sites is 1. The smallest absolute Gasteiger partial charge is 0.328 e. The maximum Gasteiger partial charge on any atom is 0.328 e. The number of ether oxygens (including phenoxy) is 1. The van der Waals surface area contributed by atoms with Crippen molar-refractivity contribution in [3.8, 4) is 0 Å². The van der Waals surface area contributed by atoms with Crippen molar-refractivity contribution in [2.75, 3.05) is 37.7 Å². The molecule has 0 radical (unpaired) electrons. The van der Waals surface area contributed by atoms with Crippen molar-refractivity contribution in [1.82, 2.24) is 4.90 Å². The Labute approximate surface area is 205 Å². The fourth-order valence-electron chi connectivity index (χ4n) is 4.59. The number of hydrogen-bond donors (Lipinski definition) is 2. The predicted octanol–water partition coefficient (Wildman–Crippen LogP) is 3.51. The number of carbonyl (C=O) groups excluding carboxylic acids is 1. The van der Waals surface area contributed by atoms with E-state index in [-0.39, 0.29) is 5.97 Å². The van der Waals surface area contributed by atoms with E-state index in [1.165, 1.54) is 22.4 Å². The minimum atomic E-state index is -1.26. The number of carboxylic acid groups (broad SMARTS) is 2. The van der Waals surface area contributed by atoms with Crippen molar-refractivity contribution < 1.29 is 29.3 Å². The molecule has 186 valence electrons. The fourth-order valence-corrected chi connectivity index (χ4v) is 4.59. The molecule has 0 bridgehead atoms. The number of esters is 1. The van der Waals surface area contributed by atoms with Crippen LogP contribution in [0.4, 0.5) is 5.69 Å². The molecule has 4 rings (SSSR count). The second-order valence-corrected chi connectivity index (χ2v) is 8.43. The van der Waals surface area contributed by atoms with Crippen molar-refractivity contribution in [3.05, 3.63) is 77.4 Å². The molecular weight excluding hydrogens is 448 g/mol. The van der Waals surface area contributed by atoms with E-state index in [1.807, 2.05) is 6.92 Å². The van der Waals surface area contributed by atoms with Crippen LogP contribution < -0.4 is 4.90 Å². The molecule has 2 aromatic carbocycles. The maximum absolute atomic E-state index is 11.6. The van der Waals surface area contributed by atoms with Gasteiger partial charge in [-0.3, -0.25) is 9.69 Å². The quantitative estimate of drug-likeness (QED) is 0.458. The molecule has 0 saturated carbocycles. The first-order valence-electron chi connectivity index (χ1n) is 11.8. The number of carbonyl (C=O) groups is 3. The van der Waals surface area contributed by atoms with Gasteiger partial charge in [0, 0.05) is 43.9 Å². The van der Waals surface area contributed by atoms with Gasteiger partial charge in [-0.1, -0.05) is 42.5 Å². The van der Waals surface area contributed by atoms with Gasteiger partial charge >= 0.3 is 17.9 Å². The van der Waals surface area contributed by atoms with Crippen molar-refractivity contribution in [2.24, 2.45) is 0 Å². The Morgan fingerprint density at radius 2 is 1.63 bits per heavy atom. The highest BCUT2D eigenvalue weighted by atomic mass is 16.5. The van der Waals surface area contributed by atoms with Crippen LogP contribution in [0, 0.1) is 0 Å². The van der Waals surface area contributed by atoms with Crippen molar-refractivity contribution in [2.45, 2.75) is 32.2 Å². The molecule has 2 N–H and O–H groups in total. The number of piperazine rings is 1. The van der Waals surface area contributed by atoms with E-state index in [9.17, 15) is 14.4 Å². The molecule has 2 heterocycles. The van der Waals surface area contributed by atoms with E-state index in [1.54, 1.807) is 0 Å². The molecule has 35 heavy (non-hydrogen) atoms. The van der Waals surface area contributed by atoms with E-state index in [2.05, 4.69) is 58.3 Å². The summed E-state index contributed by atoms with van der Waals surface area (Å²) in [5.74, 6) is -2.59. The number of hydrogen-bond acceptors (Lipinski definition) is 6. The molecule has 2 aliphatic rings. The average Bonchev–Trinajstić information content (AvgIpc) is 2.98. The molecule has 0 spiro atoms. The summed E-state index contributed by atoms with van der Waals surface area (Å²) in [7, 11) is 0. The van der Waals surface area contributed by atoms with Gasteiger partial charge in [-0.25, -0.2) is 9.59 Å². The molecular formula is C27H32N2O6. The number of rotatable bonds is 7. The Morgan fingerprint density at radius 1 is 0.971 bits per heavy atom. The summed E-state index contributed by atoms with van der Waals surface area (Å²) in [4.78, 5) is 35.8. The number of nitrogens with zero attached hydrogens (tertiary/aromatic N) is 2. The Hall–Kier alpha value is -3.65. The highest BCUT2D eigenvalue weighted by Gasteiger charge is 2.32. The van der Waals surface area contributed by atoms with Crippen LogP contribution in [-0.4, -0.2) is 65.8 Å². The summed E-state index contributed by atoms with van der Waals surface area (Å²) < 4.78 is 5.05. The summed E-state index contributed by atoms with van der Waals surface area (Å²) in [5.41, 5.74) is 5.68. The number of aliphatic carboxylic acids is 2. The van der Waals surface area contributed by atoms with Crippen molar-refractivity contribution in [3.63, 3.8) is 0 Å². The Bertz CT molecular complexity index is 1050. The van der Waals surface area contributed by atoms with Crippen molar-refractivity contribution >= 4 is 23.6 Å². The van der Waals surface area contributed by atoms with Crippen LogP contribution >= 0.6 is 0 Å². The largest absolute Gasteiger partial charge is 0.478 e. The third kappa shape index (κ3) is 7.42. The number of fused-ring (bicyclic) bond motifs is 5. The van der Waals surface area contributed by atoms with Gasteiger partial charge < -0.3 is 19.8 Å². The number of carboxylic acids is 2. The van der Waals surface area contributed by atoms with Gasteiger partial charge in [0.15, 0.2) is 0 Å². The van der Waals surface area contributed by atoms with Gasteiger partial charge in [0.05, 0.1) is 12.6 Å². The minimum absolute atomic E-state index is 0.0788. The molecule has 8 heteroatoms. The molecule has 0 aromatic heterocycles. The van der Waals surface area contributed by atoms with E-state index in [0.29, 0.717) is 31.2 Å². The van der Waals surface area contributed by atoms with E-state index in [4.69, 9.17) is 14.9 Å². The molecule has 0 amide bonds. The SMILES string of the molecule is CCOC(=O)CCCN1CCN2c3ccccc3Cc3ccccc3C2C1.O=C(O)/C=C/C(=O)O. The summed E-state index contributed by atoms with van der Waals surface area (Å²) in [6.07, 6.45) is 3.49. The second kappa shape index (κ2) is 12.7. The van der Waals surface area contributed by atoms with Gasteiger partial charge in [0.1, 0.15) is 0 Å². The van der Waals surface area contributed by atoms with Gasteiger partial charge in [-0.05, 0) is 49.1 Å². The minimum Gasteiger partial charge on any atom is -0.478 e. The first-order chi connectivity index (χ1) is 16.9. The Morgan fingerprint density at radius 3 is 2.31 bits per heavy atom. The lowest BCUT2D eigenvalue weighted by molar-refractivity contribution is -0.143. The van der Waals surface area contributed by atoms with E-state index < -0.39 is 11.9 Å². The van der Waals surface area contributed by atoms with E-state index in [0.717, 1.165) is 39.0 Å². The topological polar surface area (TPSA) is 107 Å². The first-order valence-corrected chi connectivity index (χ1v) is 11.8. The number of benzene rings is 2. The zero-order valence-corrected chi connectivity index (χ0v) is 19.9. The zero-order chi connectivity index (χ0) is 25.2. The van der Waals surface area contributed by atoms with Crippen LogP contribution in [0.3, 0.4) is 0 Å². The first kappa shape index (κ1) is 26.0. The summed E-state index contributed by atoms with van der Waals surface area (Å²) in [6, 6.07) is 18.1. The van der Waals surface area contributed by atoms with Crippen LogP contribution in [0.1, 0.15) is 42.5 Å². The highest BCUT2D eigenvalue weighted by Crippen LogP contribution is 2.39. The molecule has 1 unspecified atom stereocenters. The second-order valence-electron chi connectivity index (χ2n) is 8.43. The molecule has 8 nitrogen and oxygen atoms in total. The lowest BCUT2D eigenvalue weighted by Gasteiger charge is -2.43. The Kier molecular flexibility index (Phi) is 9.43. The molecule has 0 aliphatic carbocycles. The average molecular weight is 481 g/mol. The van der Waals surface area contributed by atoms with Crippen LogP contribution in [0.5, 0.6) is 0 Å². The standard InChI is InChI=1S/C23H28N2O2.C4H4O4/c1-2-27-23(26)12-7-13-24-14-15-25-21-11-6-4-9-19(21)16-18-8-3-5-10-20(18)22(25)17-24;5-3(6)1-2-4(7)8/h3-6,8-11,22H,2,7,12-17H2,1H3;1-2H,(H,5,6)(H,7,8)/b;2-1+. The van der Waals surface area contributed by atoms with Gasteiger partial charge in [-0.2, -0.15) is 0 Å². The lowest BCUT2D eigenvalue weighted by Crippen LogP contribution is -2.48. The molecule has 2 aromatic rings. The van der Waals surface area contributed by atoms with Gasteiger partial charge in [-0.15, -0.1) is 0 Å². The van der Waals surface area contributed by atoms with Crippen molar-refractivity contribution in [1.29, 1.82) is 0 Å². The molecule has 2 aliphatic heterocycles. The summed E-state index contributed by atoms with van der Waals surface area (Å²) in [6.45, 7) is 6.35. The zero-order valence-electron chi connectivity index (χ0n) is 19.9. The third-order valence-corrected chi connectivity index (χ3v) is 6.09. The lowest BCUT2D eigenvalue weighted by atomic mass is 9.96. The summed E-state index contributed by atoms with van der Waals surface area (Å²) >= 11 is 0. The maximum atomic E-state index is 11.6. The highest BCUT2D eigenvalue weighted by molar-refractivity contribution is 5.89. The Balaban J connectivity index is 0.000000371. The molecule has 1 saturated heterocycles.